The number of benzene rings is 2. The van der Waals surface area contributed by atoms with Crippen molar-refractivity contribution in [2.75, 3.05) is 13.2 Å². The molecule has 1 aromatic heterocycles. The van der Waals surface area contributed by atoms with E-state index < -0.39 is 15.7 Å². The summed E-state index contributed by atoms with van der Waals surface area (Å²) in [6, 6.07) is 15.6. The number of hydrogen-bond acceptors (Lipinski definition) is 6. The van der Waals surface area contributed by atoms with Gasteiger partial charge in [0.1, 0.15) is 16.9 Å². The number of oxazole rings is 1. The molecule has 1 N–H and O–H groups in total. The highest BCUT2D eigenvalue weighted by Gasteiger charge is 2.29. The second-order valence-corrected chi connectivity index (χ2v) is 8.28. The Kier molecular flexibility index (Phi) is 5.18. The van der Waals surface area contributed by atoms with Gasteiger partial charge in [0.25, 0.3) is 5.91 Å². The summed E-state index contributed by atoms with van der Waals surface area (Å²) in [4.78, 5) is 15.9. The predicted molar refractivity (Wildman–Crippen MR) is 106 cm³/mol. The topological polar surface area (TPSA) is 98.5 Å². The fourth-order valence-electron chi connectivity index (χ4n) is 2.90. The minimum atomic E-state index is -3.82. The van der Waals surface area contributed by atoms with E-state index in [4.69, 9.17) is 9.15 Å². The van der Waals surface area contributed by atoms with Crippen LogP contribution < -0.4 is 10.1 Å². The highest BCUT2D eigenvalue weighted by atomic mass is 32.2. The molecular formula is C21H18N2O5S. The van der Waals surface area contributed by atoms with Gasteiger partial charge < -0.3 is 14.5 Å². The molecule has 2 aromatic carbocycles. The van der Waals surface area contributed by atoms with Crippen LogP contribution in [-0.4, -0.2) is 32.5 Å². The van der Waals surface area contributed by atoms with Gasteiger partial charge in [0.2, 0.25) is 15.7 Å². The van der Waals surface area contributed by atoms with Crippen molar-refractivity contribution in [3.05, 3.63) is 77.5 Å². The molecule has 0 fully saturated rings. The van der Waals surface area contributed by atoms with Crippen LogP contribution in [-0.2, 0) is 21.1 Å². The quantitative estimate of drug-likeness (QED) is 0.643. The van der Waals surface area contributed by atoms with Crippen LogP contribution >= 0.6 is 0 Å². The molecule has 0 spiro atoms. The van der Waals surface area contributed by atoms with Gasteiger partial charge in [-0.05, 0) is 42.5 Å². The lowest BCUT2D eigenvalue weighted by Crippen LogP contribution is -2.21. The Morgan fingerprint density at radius 3 is 2.52 bits per heavy atom. The summed E-state index contributed by atoms with van der Waals surface area (Å²) in [5.74, 6) is 0.508. The van der Waals surface area contributed by atoms with Crippen LogP contribution in [0.5, 0.6) is 5.75 Å². The van der Waals surface area contributed by atoms with Gasteiger partial charge in [-0.1, -0.05) is 18.2 Å². The molecule has 0 unspecified atom stereocenters. The Labute approximate surface area is 168 Å². The predicted octanol–water partition coefficient (Wildman–Crippen LogP) is 2.75. The molecule has 0 saturated heterocycles. The van der Waals surface area contributed by atoms with E-state index in [1.54, 1.807) is 18.4 Å². The maximum Gasteiger partial charge on any atom is 0.263 e. The maximum absolute atomic E-state index is 12.5. The summed E-state index contributed by atoms with van der Waals surface area (Å²) >= 11 is 0. The number of carbonyl (C=O) groups is 1. The lowest BCUT2D eigenvalue weighted by molar-refractivity contribution is -0.116. The average Bonchev–Trinajstić information content (AvgIpc) is 3.38. The molecule has 1 aliphatic heterocycles. The SMILES string of the molecule is O=C1NCC=C1S(=O)(=O)c1ccc(OCCc2coc(-c3ccccc3)n2)cc1. The zero-order chi connectivity index (χ0) is 20.3. The van der Waals surface area contributed by atoms with Crippen LogP contribution in [0.4, 0.5) is 0 Å². The third-order valence-electron chi connectivity index (χ3n) is 4.40. The number of rotatable bonds is 7. The van der Waals surface area contributed by atoms with Gasteiger partial charge in [0.05, 0.1) is 17.2 Å². The van der Waals surface area contributed by atoms with E-state index >= 15 is 0 Å². The number of carbonyl (C=O) groups excluding carboxylic acids is 1. The third kappa shape index (κ3) is 4.07. The van der Waals surface area contributed by atoms with Crippen molar-refractivity contribution in [3.8, 4) is 17.2 Å². The van der Waals surface area contributed by atoms with E-state index in [0.717, 1.165) is 11.3 Å². The molecule has 29 heavy (non-hydrogen) atoms. The summed E-state index contributed by atoms with van der Waals surface area (Å²) in [6.07, 6.45) is 3.52. The number of ether oxygens (including phenoxy) is 1. The van der Waals surface area contributed by atoms with Crippen LogP contribution in [0.15, 0.2) is 81.2 Å². The Hall–Kier alpha value is -3.39. The Morgan fingerprint density at radius 1 is 1.07 bits per heavy atom. The van der Waals surface area contributed by atoms with Crippen LogP contribution in [0.25, 0.3) is 11.5 Å². The Morgan fingerprint density at radius 2 is 1.83 bits per heavy atom. The molecule has 0 radical (unpaired) electrons. The van der Waals surface area contributed by atoms with Gasteiger partial charge in [0.15, 0.2) is 0 Å². The average molecular weight is 410 g/mol. The Balaban J connectivity index is 1.35. The maximum atomic E-state index is 12.5. The first-order chi connectivity index (χ1) is 14.0. The van der Waals surface area contributed by atoms with E-state index in [1.165, 1.54) is 18.2 Å². The summed E-state index contributed by atoms with van der Waals surface area (Å²) in [5, 5.41) is 2.46. The lowest BCUT2D eigenvalue weighted by atomic mass is 10.2. The summed E-state index contributed by atoms with van der Waals surface area (Å²) in [5.41, 5.74) is 1.67. The van der Waals surface area contributed by atoms with Gasteiger partial charge in [-0.15, -0.1) is 0 Å². The molecule has 0 aliphatic carbocycles. The zero-order valence-electron chi connectivity index (χ0n) is 15.4. The minimum Gasteiger partial charge on any atom is -0.493 e. The summed E-state index contributed by atoms with van der Waals surface area (Å²) in [6.45, 7) is 0.586. The van der Waals surface area contributed by atoms with Crippen LogP contribution in [0.2, 0.25) is 0 Å². The molecule has 8 heteroatoms. The first kappa shape index (κ1) is 18.9. The monoisotopic (exact) mass is 410 g/mol. The molecule has 4 rings (SSSR count). The molecular weight excluding hydrogens is 392 g/mol. The number of sulfone groups is 1. The normalized spacial score (nSPS) is 13.8. The van der Waals surface area contributed by atoms with Crippen LogP contribution in [0.3, 0.4) is 0 Å². The standard InChI is InChI=1S/C21H18N2O5S/c24-20-19(10-12-22-20)29(25,26)18-8-6-17(7-9-18)27-13-11-16-14-28-21(23-16)15-4-2-1-3-5-15/h1-10,14H,11-13H2,(H,22,24). The van der Waals surface area contributed by atoms with Crippen molar-refractivity contribution in [2.24, 2.45) is 0 Å². The second kappa shape index (κ2) is 7.92. The molecule has 2 heterocycles. The number of hydrogen-bond donors (Lipinski definition) is 1. The first-order valence-electron chi connectivity index (χ1n) is 9.00. The second-order valence-electron chi connectivity index (χ2n) is 6.36. The van der Waals surface area contributed by atoms with E-state index in [0.29, 0.717) is 24.7 Å². The lowest BCUT2D eigenvalue weighted by Gasteiger charge is -2.07. The van der Waals surface area contributed by atoms with Gasteiger partial charge in [-0.25, -0.2) is 13.4 Å². The zero-order valence-corrected chi connectivity index (χ0v) is 16.2. The molecule has 1 aliphatic rings. The van der Waals surface area contributed by atoms with Crippen molar-refractivity contribution in [1.82, 2.24) is 10.3 Å². The Bertz CT molecular complexity index is 1150. The van der Waals surface area contributed by atoms with Gasteiger partial charge in [0, 0.05) is 18.5 Å². The van der Waals surface area contributed by atoms with Gasteiger partial charge >= 0.3 is 0 Å². The first-order valence-corrected chi connectivity index (χ1v) is 10.5. The molecule has 0 bridgehead atoms. The minimum absolute atomic E-state index is 0.0529. The molecule has 0 saturated carbocycles. The van der Waals surface area contributed by atoms with Crippen molar-refractivity contribution in [2.45, 2.75) is 11.3 Å². The molecule has 148 valence electrons. The van der Waals surface area contributed by atoms with E-state index in [-0.39, 0.29) is 16.3 Å². The smallest absolute Gasteiger partial charge is 0.263 e. The summed E-state index contributed by atoms with van der Waals surface area (Å²) < 4.78 is 36.1. The number of aromatic nitrogens is 1. The third-order valence-corrected chi connectivity index (χ3v) is 6.22. The number of nitrogens with one attached hydrogen (secondary N) is 1. The van der Waals surface area contributed by atoms with Gasteiger partial charge in [-0.2, -0.15) is 0 Å². The highest BCUT2D eigenvalue weighted by molar-refractivity contribution is 7.96. The van der Waals surface area contributed by atoms with Crippen molar-refractivity contribution >= 4 is 15.7 Å². The van der Waals surface area contributed by atoms with Crippen molar-refractivity contribution in [1.29, 1.82) is 0 Å². The van der Waals surface area contributed by atoms with Crippen LogP contribution in [0.1, 0.15) is 5.69 Å². The molecule has 3 aromatic rings. The van der Waals surface area contributed by atoms with Crippen LogP contribution in [0, 0.1) is 0 Å². The van der Waals surface area contributed by atoms with E-state index in [1.807, 2.05) is 30.3 Å². The molecule has 7 nitrogen and oxygen atoms in total. The van der Waals surface area contributed by atoms with E-state index in [2.05, 4.69) is 10.3 Å². The van der Waals surface area contributed by atoms with Crippen molar-refractivity contribution in [3.63, 3.8) is 0 Å². The largest absolute Gasteiger partial charge is 0.493 e. The summed E-state index contributed by atoms with van der Waals surface area (Å²) in [7, 11) is -3.82. The highest BCUT2D eigenvalue weighted by Crippen LogP contribution is 2.24. The molecule has 0 atom stereocenters. The van der Waals surface area contributed by atoms with Gasteiger partial charge in [-0.3, -0.25) is 4.79 Å². The fourth-order valence-corrected chi connectivity index (χ4v) is 4.27. The molecule has 1 amide bonds. The number of amides is 1. The fraction of sp³-hybridized carbons (Fsp3) is 0.143. The van der Waals surface area contributed by atoms with E-state index in [9.17, 15) is 13.2 Å². The van der Waals surface area contributed by atoms with Crippen molar-refractivity contribution < 1.29 is 22.4 Å². The number of nitrogens with zero attached hydrogens (tertiary/aromatic N) is 1.